The number of nitro groups is 1. The molecular formula is C29H38N4O9S. The van der Waals surface area contributed by atoms with Gasteiger partial charge in [-0.25, -0.2) is 9.59 Å². The molecule has 0 bridgehead atoms. The van der Waals surface area contributed by atoms with Crippen LogP contribution in [0.1, 0.15) is 46.6 Å². The molecule has 0 unspecified atom stereocenters. The van der Waals surface area contributed by atoms with Gasteiger partial charge in [-0.1, -0.05) is 6.92 Å². The summed E-state index contributed by atoms with van der Waals surface area (Å²) in [6.07, 6.45) is -1.23. The number of rotatable bonds is 8. The highest BCUT2D eigenvalue weighted by atomic mass is 32.2. The van der Waals surface area contributed by atoms with Gasteiger partial charge in [-0.3, -0.25) is 24.6 Å². The third kappa shape index (κ3) is 6.49. The van der Waals surface area contributed by atoms with Gasteiger partial charge in [0, 0.05) is 48.8 Å². The van der Waals surface area contributed by atoms with E-state index in [1.54, 1.807) is 34.9 Å². The van der Waals surface area contributed by atoms with E-state index in [1.165, 1.54) is 57.7 Å². The SMILES string of the molecule is C[C@@H](O)[C@H]1C(=O)N2C(C(=O)OCc3ccc([N+](=O)[O-])cc3)=C(S[C@H]3C[C@@H](C(=O)N(C)C)N(C(=O)OC(C)(C)C)C3)[C@H](C)[C@H]12. The van der Waals surface area contributed by atoms with Crippen molar-refractivity contribution in [3.63, 3.8) is 0 Å². The summed E-state index contributed by atoms with van der Waals surface area (Å²) < 4.78 is 11.2. The molecular weight excluding hydrogens is 580 g/mol. The number of fused-ring (bicyclic) bond motifs is 1. The van der Waals surface area contributed by atoms with Crippen LogP contribution >= 0.6 is 11.8 Å². The number of β-lactam (4-membered cyclic amide) rings is 1. The van der Waals surface area contributed by atoms with E-state index in [1.807, 2.05) is 6.92 Å². The Kier molecular flexibility index (Phi) is 9.12. The third-order valence-electron chi connectivity index (χ3n) is 7.73. The van der Waals surface area contributed by atoms with E-state index in [2.05, 4.69) is 0 Å². The Morgan fingerprint density at radius 2 is 1.84 bits per heavy atom. The maximum Gasteiger partial charge on any atom is 0.411 e. The first kappa shape index (κ1) is 32.3. The van der Waals surface area contributed by atoms with Crippen LogP contribution in [0.2, 0.25) is 0 Å². The average molecular weight is 619 g/mol. The molecule has 234 valence electrons. The molecule has 2 fully saturated rings. The van der Waals surface area contributed by atoms with E-state index < -0.39 is 46.7 Å². The highest BCUT2D eigenvalue weighted by Crippen LogP contribution is 2.52. The Morgan fingerprint density at radius 3 is 2.37 bits per heavy atom. The summed E-state index contributed by atoms with van der Waals surface area (Å²) in [6.45, 7) is 8.66. The number of hydrogen-bond acceptors (Lipinski definition) is 10. The van der Waals surface area contributed by atoms with Gasteiger partial charge in [-0.15, -0.1) is 11.8 Å². The van der Waals surface area contributed by atoms with Gasteiger partial charge in [0.15, 0.2) is 0 Å². The van der Waals surface area contributed by atoms with Crippen molar-refractivity contribution in [2.24, 2.45) is 11.8 Å². The van der Waals surface area contributed by atoms with Crippen molar-refractivity contribution in [3.05, 3.63) is 50.5 Å². The van der Waals surface area contributed by atoms with E-state index in [0.717, 1.165) is 0 Å². The van der Waals surface area contributed by atoms with E-state index in [-0.39, 0.29) is 47.5 Å². The smallest absolute Gasteiger partial charge is 0.411 e. The number of likely N-dealkylation sites (N-methyl/N-ethyl adjacent to an activating group) is 1. The molecule has 2 saturated heterocycles. The summed E-state index contributed by atoms with van der Waals surface area (Å²) in [5, 5.41) is 21.0. The summed E-state index contributed by atoms with van der Waals surface area (Å²) in [5.41, 5.74) is -0.248. The summed E-state index contributed by atoms with van der Waals surface area (Å²) in [6, 6.07) is 4.39. The summed E-state index contributed by atoms with van der Waals surface area (Å²) in [5.74, 6) is -2.38. The molecule has 3 amide bonds. The average Bonchev–Trinajstić information content (AvgIpc) is 3.43. The molecule has 3 aliphatic heterocycles. The van der Waals surface area contributed by atoms with E-state index in [4.69, 9.17) is 9.47 Å². The zero-order chi connectivity index (χ0) is 32.0. The number of nitrogens with zero attached hydrogens (tertiary/aromatic N) is 4. The largest absolute Gasteiger partial charge is 0.456 e. The van der Waals surface area contributed by atoms with Crippen LogP contribution < -0.4 is 0 Å². The lowest BCUT2D eigenvalue weighted by Crippen LogP contribution is -2.63. The second-order valence-corrected chi connectivity index (χ2v) is 13.7. The first-order chi connectivity index (χ1) is 20.0. The van der Waals surface area contributed by atoms with Crippen LogP contribution in [0.25, 0.3) is 0 Å². The predicted molar refractivity (Wildman–Crippen MR) is 156 cm³/mol. The van der Waals surface area contributed by atoms with Crippen molar-refractivity contribution in [1.82, 2.24) is 14.7 Å². The number of carbonyl (C=O) groups excluding carboxylic acids is 4. The van der Waals surface area contributed by atoms with Gasteiger partial charge in [-0.2, -0.15) is 0 Å². The minimum Gasteiger partial charge on any atom is -0.456 e. The van der Waals surface area contributed by atoms with E-state index in [9.17, 15) is 34.4 Å². The molecule has 3 aliphatic rings. The number of nitro benzene ring substituents is 1. The van der Waals surface area contributed by atoms with Crippen molar-refractivity contribution >= 4 is 41.3 Å². The highest BCUT2D eigenvalue weighted by Gasteiger charge is 2.60. The van der Waals surface area contributed by atoms with E-state index in [0.29, 0.717) is 16.9 Å². The molecule has 0 saturated carbocycles. The molecule has 3 heterocycles. The lowest BCUT2D eigenvalue weighted by molar-refractivity contribution is -0.384. The van der Waals surface area contributed by atoms with Gasteiger partial charge in [0.2, 0.25) is 11.8 Å². The van der Waals surface area contributed by atoms with Gasteiger partial charge >= 0.3 is 12.1 Å². The number of likely N-dealkylation sites (tertiary alicyclic amines) is 1. The molecule has 0 radical (unpaired) electrons. The Labute approximate surface area is 254 Å². The predicted octanol–water partition coefficient (Wildman–Crippen LogP) is 2.91. The van der Waals surface area contributed by atoms with Crippen molar-refractivity contribution < 1.29 is 38.7 Å². The summed E-state index contributed by atoms with van der Waals surface area (Å²) >= 11 is 1.33. The quantitative estimate of drug-likeness (QED) is 0.199. The Balaban J connectivity index is 1.60. The van der Waals surface area contributed by atoms with Crippen molar-refractivity contribution in [2.75, 3.05) is 20.6 Å². The van der Waals surface area contributed by atoms with Gasteiger partial charge in [0.05, 0.1) is 23.0 Å². The fraction of sp³-hybridized carbons (Fsp3) is 0.586. The molecule has 1 N–H and O–H groups in total. The molecule has 13 nitrogen and oxygen atoms in total. The minimum absolute atomic E-state index is 0.0810. The number of non-ortho nitro benzene ring substituents is 1. The van der Waals surface area contributed by atoms with E-state index >= 15 is 0 Å². The maximum absolute atomic E-state index is 13.5. The van der Waals surface area contributed by atoms with Gasteiger partial charge in [0.1, 0.15) is 23.9 Å². The summed E-state index contributed by atoms with van der Waals surface area (Å²) in [7, 11) is 3.23. The van der Waals surface area contributed by atoms with Crippen molar-refractivity contribution in [3.8, 4) is 0 Å². The van der Waals surface area contributed by atoms with Crippen LogP contribution in [0, 0.1) is 22.0 Å². The highest BCUT2D eigenvalue weighted by molar-refractivity contribution is 8.03. The number of carbonyl (C=O) groups is 4. The first-order valence-electron chi connectivity index (χ1n) is 14.0. The zero-order valence-corrected chi connectivity index (χ0v) is 26.1. The Morgan fingerprint density at radius 1 is 1.21 bits per heavy atom. The molecule has 0 aromatic heterocycles. The van der Waals surface area contributed by atoms with Crippen molar-refractivity contribution in [1.29, 1.82) is 0 Å². The number of ether oxygens (including phenoxy) is 2. The van der Waals surface area contributed by atoms with Crippen LogP contribution in [0.15, 0.2) is 34.9 Å². The first-order valence-corrected chi connectivity index (χ1v) is 14.9. The minimum atomic E-state index is -0.922. The molecule has 43 heavy (non-hydrogen) atoms. The number of aliphatic hydroxyl groups excluding tert-OH is 1. The Bertz CT molecular complexity index is 1340. The Hall–Kier alpha value is -3.65. The standard InChI is InChI=1S/C29H38N4O9S/c1-15-22-21(16(2)34)26(36)32(22)23(27(37)41-14-17-8-10-18(11-9-17)33(39)40)24(15)43-19-12-20(25(35)30(6)7)31(13-19)28(38)42-29(3,4)5/h8-11,15-16,19-22,34H,12-14H2,1-7H3/t15-,16-,19+,20+,21-,22-/m1/s1. The molecule has 14 heteroatoms. The molecule has 1 aromatic carbocycles. The topological polar surface area (TPSA) is 160 Å². The second-order valence-electron chi connectivity index (χ2n) is 12.3. The number of amides is 3. The lowest BCUT2D eigenvalue weighted by atomic mass is 9.79. The molecule has 1 aromatic rings. The fourth-order valence-electron chi connectivity index (χ4n) is 5.72. The number of esters is 1. The maximum atomic E-state index is 13.5. The number of aliphatic hydroxyl groups is 1. The second kappa shape index (κ2) is 12.2. The van der Waals surface area contributed by atoms with Crippen LogP contribution in [-0.2, 0) is 30.5 Å². The molecule has 0 spiro atoms. The monoisotopic (exact) mass is 618 g/mol. The summed E-state index contributed by atoms with van der Waals surface area (Å²) in [4.78, 5) is 68.0. The van der Waals surface area contributed by atoms with Gasteiger partial charge in [-0.05, 0) is 51.8 Å². The number of benzene rings is 1. The van der Waals surface area contributed by atoms with Gasteiger partial charge in [0.25, 0.3) is 5.69 Å². The number of thioether (sulfide) groups is 1. The van der Waals surface area contributed by atoms with Crippen LogP contribution in [0.4, 0.5) is 10.5 Å². The molecule has 4 rings (SSSR count). The van der Waals surface area contributed by atoms with Gasteiger partial charge < -0.3 is 24.4 Å². The van der Waals surface area contributed by atoms with Crippen LogP contribution in [0.3, 0.4) is 0 Å². The molecule has 6 atom stereocenters. The number of hydrogen-bond donors (Lipinski definition) is 1. The molecule has 0 aliphatic carbocycles. The van der Waals surface area contributed by atoms with Crippen molar-refractivity contribution in [2.45, 2.75) is 76.7 Å². The van der Waals surface area contributed by atoms with Crippen LogP contribution in [0.5, 0.6) is 0 Å². The zero-order valence-electron chi connectivity index (χ0n) is 25.3. The normalized spacial score (nSPS) is 25.7. The third-order valence-corrected chi connectivity index (χ3v) is 9.22. The fourth-order valence-corrected chi connectivity index (χ4v) is 7.24. The lowest BCUT2D eigenvalue weighted by Gasteiger charge is -2.46. The van der Waals surface area contributed by atoms with Crippen LogP contribution in [-0.4, -0.2) is 98.3 Å².